The summed E-state index contributed by atoms with van der Waals surface area (Å²) >= 11 is 0. The SMILES string of the molecule is Cc1cccc2c(=O)cc(F)n([C@@H]3C[C@@H]3F)c12. The van der Waals surface area contributed by atoms with E-state index in [1.807, 2.05) is 0 Å². The fourth-order valence-corrected chi connectivity index (χ4v) is 2.28. The molecule has 1 saturated carbocycles. The Bertz CT molecular complexity index is 662. The normalized spacial score (nSPS) is 23.0. The zero-order chi connectivity index (χ0) is 12.2. The Hall–Kier alpha value is -1.71. The average molecular weight is 235 g/mol. The molecule has 88 valence electrons. The van der Waals surface area contributed by atoms with E-state index in [2.05, 4.69) is 0 Å². The van der Waals surface area contributed by atoms with Crippen molar-refractivity contribution in [2.24, 2.45) is 0 Å². The van der Waals surface area contributed by atoms with E-state index in [1.165, 1.54) is 4.57 Å². The molecule has 1 fully saturated rings. The summed E-state index contributed by atoms with van der Waals surface area (Å²) in [6.45, 7) is 1.80. The van der Waals surface area contributed by atoms with E-state index in [9.17, 15) is 13.6 Å². The fourth-order valence-electron chi connectivity index (χ4n) is 2.28. The first-order chi connectivity index (χ1) is 8.09. The van der Waals surface area contributed by atoms with E-state index in [1.54, 1.807) is 25.1 Å². The van der Waals surface area contributed by atoms with Crippen LogP contribution in [-0.2, 0) is 0 Å². The number of benzene rings is 1. The van der Waals surface area contributed by atoms with E-state index in [-0.39, 0.29) is 5.43 Å². The maximum atomic E-state index is 13.8. The smallest absolute Gasteiger partial charge is 0.198 e. The van der Waals surface area contributed by atoms with Crippen molar-refractivity contribution in [1.29, 1.82) is 0 Å². The maximum absolute atomic E-state index is 13.8. The van der Waals surface area contributed by atoms with Crippen LogP contribution in [-0.4, -0.2) is 10.7 Å². The van der Waals surface area contributed by atoms with Gasteiger partial charge in [0.2, 0.25) is 0 Å². The molecule has 2 atom stereocenters. The number of aryl methyl sites for hydroxylation is 1. The largest absolute Gasteiger partial charge is 0.311 e. The summed E-state index contributed by atoms with van der Waals surface area (Å²) in [6, 6.07) is 5.68. The van der Waals surface area contributed by atoms with Gasteiger partial charge < -0.3 is 4.57 Å². The Balaban J connectivity index is 2.44. The van der Waals surface area contributed by atoms with Gasteiger partial charge in [0.25, 0.3) is 0 Å². The lowest BCUT2D eigenvalue weighted by Gasteiger charge is -2.13. The minimum Gasteiger partial charge on any atom is -0.311 e. The monoisotopic (exact) mass is 235 g/mol. The molecule has 0 spiro atoms. The van der Waals surface area contributed by atoms with E-state index < -0.39 is 18.2 Å². The summed E-state index contributed by atoms with van der Waals surface area (Å²) in [5, 5.41) is 0.450. The molecule has 2 nitrogen and oxygen atoms in total. The number of aromatic nitrogens is 1. The molecule has 3 rings (SSSR count). The second-order valence-electron chi connectivity index (χ2n) is 4.49. The first kappa shape index (κ1) is 10.4. The van der Waals surface area contributed by atoms with Gasteiger partial charge in [0.15, 0.2) is 11.4 Å². The molecule has 2 aromatic rings. The number of nitrogens with zero attached hydrogens (tertiary/aromatic N) is 1. The van der Waals surface area contributed by atoms with E-state index >= 15 is 0 Å². The number of hydrogen-bond donors (Lipinski definition) is 0. The number of hydrogen-bond acceptors (Lipinski definition) is 1. The van der Waals surface area contributed by atoms with Gasteiger partial charge in [-0.2, -0.15) is 4.39 Å². The van der Waals surface area contributed by atoms with Gasteiger partial charge in [0.05, 0.1) is 11.6 Å². The van der Waals surface area contributed by atoms with E-state index in [4.69, 9.17) is 0 Å². The molecule has 17 heavy (non-hydrogen) atoms. The molecule has 1 aliphatic carbocycles. The first-order valence-electron chi connectivity index (χ1n) is 5.54. The number of para-hydroxylation sites is 1. The van der Waals surface area contributed by atoms with Crippen LogP contribution in [0.5, 0.6) is 0 Å². The molecule has 0 amide bonds. The van der Waals surface area contributed by atoms with E-state index in [0.717, 1.165) is 11.6 Å². The molecule has 4 heteroatoms. The molecule has 0 bridgehead atoms. The van der Waals surface area contributed by atoms with Gasteiger partial charge in [-0.25, -0.2) is 4.39 Å². The van der Waals surface area contributed by atoms with Crippen LogP contribution in [0.15, 0.2) is 29.1 Å². The molecular weight excluding hydrogens is 224 g/mol. The highest BCUT2D eigenvalue weighted by atomic mass is 19.1. The summed E-state index contributed by atoms with van der Waals surface area (Å²) in [5.41, 5.74) is 0.953. The van der Waals surface area contributed by atoms with Crippen LogP contribution in [0.3, 0.4) is 0 Å². The summed E-state index contributed by atoms with van der Waals surface area (Å²) in [7, 11) is 0. The van der Waals surface area contributed by atoms with Gasteiger partial charge in [0.1, 0.15) is 6.17 Å². The van der Waals surface area contributed by atoms with Gasteiger partial charge in [-0.3, -0.25) is 4.79 Å². The predicted molar refractivity (Wildman–Crippen MR) is 61.5 cm³/mol. The predicted octanol–water partition coefficient (Wildman–Crippen LogP) is 2.73. The summed E-state index contributed by atoms with van der Waals surface area (Å²) in [5.74, 6) is -0.651. The van der Waals surface area contributed by atoms with Crippen LogP contribution in [0.25, 0.3) is 10.9 Å². The van der Waals surface area contributed by atoms with Crippen molar-refractivity contribution in [1.82, 2.24) is 4.57 Å². The van der Waals surface area contributed by atoms with Crippen molar-refractivity contribution < 1.29 is 8.78 Å². The van der Waals surface area contributed by atoms with Gasteiger partial charge in [-0.1, -0.05) is 12.1 Å². The second-order valence-corrected chi connectivity index (χ2v) is 4.49. The van der Waals surface area contributed by atoms with Crippen LogP contribution >= 0.6 is 0 Å². The first-order valence-corrected chi connectivity index (χ1v) is 5.54. The molecule has 1 aliphatic rings. The quantitative estimate of drug-likeness (QED) is 0.696. The Kier molecular flexibility index (Phi) is 2.08. The summed E-state index contributed by atoms with van der Waals surface area (Å²) < 4.78 is 28.3. The number of pyridine rings is 1. The third-order valence-corrected chi connectivity index (χ3v) is 3.24. The van der Waals surface area contributed by atoms with Gasteiger partial charge in [-0.05, 0) is 18.6 Å². The third kappa shape index (κ3) is 1.47. The van der Waals surface area contributed by atoms with Crippen molar-refractivity contribution in [3.63, 3.8) is 0 Å². The highest BCUT2D eigenvalue weighted by Crippen LogP contribution is 2.41. The molecule has 0 radical (unpaired) electrons. The topological polar surface area (TPSA) is 22.0 Å². The zero-order valence-electron chi connectivity index (χ0n) is 9.28. The number of alkyl halides is 1. The standard InChI is InChI=1S/C13H11F2NO/c1-7-3-2-4-8-11(17)6-12(15)16(13(7)8)10-5-9(10)14/h2-4,6,9-10H,5H2,1H3/t9-,10+/m0/s1. The molecule has 1 heterocycles. The second kappa shape index (κ2) is 3.39. The summed E-state index contributed by atoms with van der Waals surface area (Å²) in [6.07, 6.45) is -0.682. The van der Waals surface area contributed by atoms with Crippen molar-refractivity contribution >= 4 is 10.9 Å². The number of rotatable bonds is 1. The minimum absolute atomic E-state index is 0.323. The number of fused-ring (bicyclic) bond motifs is 1. The van der Waals surface area contributed by atoms with Crippen LogP contribution in [0, 0.1) is 12.9 Å². The van der Waals surface area contributed by atoms with Crippen LogP contribution in [0.4, 0.5) is 8.78 Å². The average Bonchev–Trinajstić information content (AvgIpc) is 2.97. The van der Waals surface area contributed by atoms with Crippen molar-refractivity contribution in [3.8, 4) is 0 Å². The van der Waals surface area contributed by atoms with Gasteiger partial charge in [0, 0.05) is 17.9 Å². The molecule has 0 N–H and O–H groups in total. The Morgan fingerprint density at radius 1 is 1.41 bits per heavy atom. The van der Waals surface area contributed by atoms with Crippen LogP contribution in [0.2, 0.25) is 0 Å². The zero-order valence-corrected chi connectivity index (χ0v) is 9.28. The van der Waals surface area contributed by atoms with Crippen molar-refractivity contribution in [3.05, 3.63) is 46.0 Å². The minimum atomic E-state index is -1.00. The summed E-state index contributed by atoms with van der Waals surface area (Å²) in [4.78, 5) is 11.7. The molecule has 1 aromatic carbocycles. The molecular formula is C13H11F2NO. The van der Waals surface area contributed by atoms with Crippen molar-refractivity contribution in [2.75, 3.05) is 0 Å². The van der Waals surface area contributed by atoms with Crippen LogP contribution < -0.4 is 5.43 Å². The third-order valence-electron chi connectivity index (χ3n) is 3.24. The fraction of sp³-hybridized carbons (Fsp3) is 0.308. The molecule has 0 aliphatic heterocycles. The van der Waals surface area contributed by atoms with Crippen molar-refractivity contribution in [2.45, 2.75) is 25.6 Å². The Morgan fingerprint density at radius 2 is 2.12 bits per heavy atom. The molecule has 0 unspecified atom stereocenters. The maximum Gasteiger partial charge on any atom is 0.198 e. The van der Waals surface area contributed by atoms with E-state index in [0.29, 0.717) is 17.3 Å². The van der Waals surface area contributed by atoms with Gasteiger partial charge in [-0.15, -0.1) is 0 Å². The van der Waals surface area contributed by atoms with Crippen LogP contribution in [0.1, 0.15) is 18.0 Å². The lowest BCUT2D eigenvalue weighted by Crippen LogP contribution is -2.13. The lowest BCUT2D eigenvalue weighted by atomic mass is 10.1. The highest BCUT2D eigenvalue weighted by molar-refractivity contribution is 5.82. The molecule has 1 aromatic heterocycles. The highest BCUT2D eigenvalue weighted by Gasteiger charge is 2.41. The Morgan fingerprint density at radius 3 is 2.76 bits per heavy atom. The number of halogens is 2. The van der Waals surface area contributed by atoms with Gasteiger partial charge >= 0.3 is 0 Å². The lowest BCUT2D eigenvalue weighted by molar-refractivity contribution is 0.416. The Labute approximate surface area is 96.5 Å². The molecule has 0 saturated heterocycles.